The van der Waals surface area contributed by atoms with Gasteiger partial charge in [0.15, 0.2) is 0 Å². The van der Waals surface area contributed by atoms with Crippen molar-refractivity contribution in [1.29, 1.82) is 0 Å². The van der Waals surface area contributed by atoms with Crippen LogP contribution in [0.4, 0.5) is 0 Å². The second kappa shape index (κ2) is 14.1. The number of hydrogen-bond donors (Lipinski definition) is 2. The van der Waals surface area contributed by atoms with E-state index in [0.29, 0.717) is 28.7 Å². The first-order chi connectivity index (χ1) is 19.8. The van der Waals surface area contributed by atoms with Gasteiger partial charge in [-0.3, -0.25) is 14.4 Å². The molecule has 0 aliphatic carbocycles. The number of carbonyl (C=O) groups is 3. The Hall–Kier alpha value is -4.71. The largest absolute Gasteiger partial charge is 0.481 e. The first-order valence-electron chi connectivity index (χ1n) is 14.0. The zero-order valence-corrected chi connectivity index (χ0v) is 23.5. The molecule has 0 spiro atoms. The highest BCUT2D eigenvalue weighted by Crippen LogP contribution is 2.29. The summed E-state index contributed by atoms with van der Waals surface area (Å²) in [6.07, 6.45) is 1.30. The van der Waals surface area contributed by atoms with Crippen LogP contribution in [0.25, 0.3) is 11.1 Å². The minimum absolute atomic E-state index is 0.0924. The lowest BCUT2D eigenvalue weighted by molar-refractivity contribution is -0.137. The minimum atomic E-state index is -0.958. The number of nitrogens with zero attached hydrogens (tertiary/aromatic N) is 1. The van der Waals surface area contributed by atoms with Crippen molar-refractivity contribution in [2.75, 3.05) is 6.54 Å². The lowest BCUT2D eigenvalue weighted by atomic mass is 9.93. The summed E-state index contributed by atoms with van der Waals surface area (Å²) in [5.41, 5.74) is 4.32. The molecule has 0 saturated heterocycles. The predicted octanol–water partition coefficient (Wildman–Crippen LogP) is 6.78. The Labute approximate surface area is 241 Å². The number of carboxylic acid groups (broad SMARTS) is 1. The van der Waals surface area contributed by atoms with Crippen molar-refractivity contribution in [3.63, 3.8) is 0 Å². The molecule has 210 valence electrons. The molecule has 0 bridgehead atoms. The Morgan fingerprint density at radius 1 is 0.732 bits per heavy atom. The third-order valence-electron chi connectivity index (χ3n) is 7.32. The number of benzene rings is 4. The van der Waals surface area contributed by atoms with Crippen LogP contribution in [-0.2, 0) is 11.2 Å². The van der Waals surface area contributed by atoms with Crippen LogP contribution in [0.2, 0.25) is 0 Å². The quantitative estimate of drug-likeness (QED) is 0.204. The molecule has 0 radical (unpaired) electrons. The third kappa shape index (κ3) is 7.70. The molecule has 0 aliphatic rings. The zero-order valence-electron chi connectivity index (χ0n) is 23.5. The molecule has 2 N–H and O–H groups in total. The summed E-state index contributed by atoms with van der Waals surface area (Å²) >= 11 is 0. The van der Waals surface area contributed by atoms with Gasteiger partial charge in [-0.25, -0.2) is 0 Å². The molecule has 2 atom stereocenters. The summed E-state index contributed by atoms with van der Waals surface area (Å²) in [5.74, 6) is -1.45. The lowest BCUT2D eigenvalue weighted by Crippen LogP contribution is -2.40. The molecule has 0 aliphatic heterocycles. The van der Waals surface area contributed by atoms with E-state index < -0.39 is 5.97 Å². The van der Waals surface area contributed by atoms with Gasteiger partial charge in [0, 0.05) is 23.7 Å². The van der Waals surface area contributed by atoms with Gasteiger partial charge in [-0.15, -0.1) is 0 Å². The van der Waals surface area contributed by atoms with Crippen LogP contribution in [0, 0.1) is 0 Å². The smallest absolute Gasteiger partial charge is 0.305 e. The molecule has 4 aromatic carbocycles. The second-order valence-corrected chi connectivity index (χ2v) is 10.2. The summed E-state index contributed by atoms with van der Waals surface area (Å²) in [6.45, 7) is 3.98. The Morgan fingerprint density at radius 3 is 1.90 bits per heavy atom. The van der Waals surface area contributed by atoms with Crippen LogP contribution >= 0.6 is 0 Å². The van der Waals surface area contributed by atoms with Crippen molar-refractivity contribution in [1.82, 2.24) is 10.2 Å². The first-order valence-corrected chi connectivity index (χ1v) is 14.0. The molecule has 41 heavy (non-hydrogen) atoms. The molecular weight excluding hydrogens is 512 g/mol. The van der Waals surface area contributed by atoms with Crippen molar-refractivity contribution in [2.24, 2.45) is 0 Å². The molecule has 6 heteroatoms. The molecular formula is C35H36N2O4. The van der Waals surface area contributed by atoms with Crippen molar-refractivity contribution in [3.05, 3.63) is 131 Å². The van der Waals surface area contributed by atoms with E-state index in [4.69, 9.17) is 0 Å². The summed E-state index contributed by atoms with van der Waals surface area (Å²) < 4.78 is 0. The van der Waals surface area contributed by atoms with Crippen LogP contribution in [0.15, 0.2) is 109 Å². The van der Waals surface area contributed by atoms with E-state index in [1.165, 1.54) is 0 Å². The van der Waals surface area contributed by atoms with Crippen molar-refractivity contribution in [2.45, 2.75) is 45.2 Å². The second-order valence-electron chi connectivity index (χ2n) is 10.2. The molecule has 4 rings (SSSR count). The number of amides is 2. The minimum Gasteiger partial charge on any atom is -0.481 e. The fourth-order valence-electron chi connectivity index (χ4n) is 4.99. The highest BCUT2D eigenvalue weighted by Gasteiger charge is 2.26. The average Bonchev–Trinajstić information content (AvgIpc) is 3.00. The van der Waals surface area contributed by atoms with Gasteiger partial charge in [-0.1, -0.05) is 97.1 Å². The molecule has 0 heterocycles. The first kappa shape index (κ1) is 29.3. The summed E-state index contributed by atoms with van der Waals surface area (Å²) in [4.78, 5) is 40.7. The number of rotatable bonds is 12. The number of nitrogens with one attached hydrogen (secondary N) is 1. The lowest BCUT2D eigenvalue weighted by Gasteiger charge is -2.30. The average molecular weight is 549 g/mol. The molecule has 2 unspecified atom stereocenters. The van der Waals surface area contributed by atoms with Crippen LogP contribution in [0.5, 0.6) is 0 Å². The van der Waals surface area contributed by atoms with E-state index in [1.54, 1.807) is 29.2 Å². The molecule has 2 amide bonds. The van der Waals surface area contributed by atoms with Gasteiger partial charge in [-0.05, 0) is 61.1 Å². The number of carboxylic acids is 1. The summed E-state index contributed by atoms with van der Waals surface area (Å²) in [7, 11) is 0. The van der Waals surface area contributed by atoms with Gasteiger partial charge in [0.2, 0.25) is 0 Å². The number of aliphatic carboxylic acids is 1. The SMILES string of the molecule is CC(NC(=O)c1ccccc1-c1ccccc1C(=O)N(CCC(=O)O)C(C)CCc1ccccc1)c1ccccc1. The Bertz CT molecular complexity index is 1470. The van der Waals surface area contributed by atoms with E-state index in [1.807, 2.05) is 98.8 Å². The molecule has 6 nitrogen and oxygen atoms in total. The zero-order chi connectivity index (χ0) is 29.2. The molecule has 0 fully saturated rings. The van der Waals surface area contributed by atoms with Crippen molar-refractivity contribution in [3.8, 4) is 11.1 Å². The maximum atomic E-state index is 14.1. The highest BCUT2D eigenvalue weighted by atomic mass is 16.4. The van der Waals surface area contributed by atoms with Gasteiger partial charge < -0.3 is 15.3 Å². The highest BCUT2D eigenvalue weighted by molar-refractivity contribution is 6.06. The van der Waals surface area contributed by atoms with E-state index in [2.05, 4.69) is 5.32 Å². The Morgan fingerprint density at radius 2 is 1.27 bits per heavy atom. The molecule has 4 aromatic rings. The predicted molar refractivity (Wildman–Crippen MR) is 162 cm³/mol. The van der Waals surface area contributed by atoms with E-state index in [0.717, 1.165) is 17.5 Å². The fourth-order valence-corrected chi connectivity index (χ4v) is 4.99. The van der Waals surface area contributed by atoms with Crippen molar-refractivity contribution >= 4 is 17.8 Å². The molecule has 0 saturated carbocycles. The standard InChI is InChI=1S/C35H36N2O4/c1-25(21-22-27-13-5-3-6-14-27)37(24-23-33(38)39)35(41)32-20-12-10-18-30(32)29-17-9-11-19-31(29)34(40)36-26(2)28-15-7-4-8-16-28/h3-20,25-26H,21-24H2,1-2H3,(H,36,40)(H,38,39). The maximum Gasteiger partial charge on any atom is 0.305 e. The van der Waals surface area contributed by atoms with Gasteiger partial charge in [-0.2, -0.15) is 0 Å². The van der Waals surface area contributed by atoms with E-state index >= 15 is 0 Å². The fraction of sp³-hybridized carbons (Fsp3) is 0.229. The topological polar surface area (TPSA) is 86.7 Å². The number of carbonyl (C=O) groups excluding carboxylic acids is 2. The summed E-state index contributed by atoms with van der Waals surface area (Å²) in [5, 5.41) is 12.5. The van der Waals surface area contributed by atoms with E-state index in [-0.39, 0.29) is 36.9 Å². The van der Waals surface area contributed by atoms with Gasteiger partial charge in [0.1, 0.15) is 0 Å². The normalized spacial score (nSPS) is 12.2. The van der Waals surface area contributed by atoms with Crippen LogP contribution in [0.3, 0.4) is 0 Å². The van der Waals surface area contributed by atoms with Crippen molar-refractivity contribution < 1.29 is 19.5 Å². The van der Waals surface area contributed by atoms with Crippen LogP contribution in [-0.4, -0.2) is 40.4 Å². The third-order valence-corrected chi connectivity index (χ3v) is 7.32. The maximum absolute atomic E-state index is 14.1. The van der Waals surface area contributed by atoms with Gasteiger partial charge >= 0.3 is 5.97 Å². The van der Waals surface area contributed by atoms with Crippen LogP contribution in [0.1, 0.15) is 64.6 Å². The summed E-state index contributed by atoms with van der Waals surface area (Å²) in [6, 6.07) is 33.8. The van der Waals surface area contributed by atoms with Gasteiger partial charge in [0.05, 0.1) is 12.5 Å². The molecule has 0 aromatic heterocycles. The van der Waals surface area contributed by atoms with E-state index in [9.17, 15) is 19.5 Å². The number of hydrogen-bond acceptors (Lipinski definition) is 3. The Balaban J connectivity index is 1.62. The van der Waals surface area contributed by atoms with Gasteiger partial charge in [0.25, 0.3) is 11.8 Å². The van der Waals surface area contributed by atoms with Crippen LogP contribution < -0.4 is 5.32 Å². The Kier molecular flexibility index (Phi) is 10.1. The monoisotopic (exact) mass is 548 g/mol. The number of aryl methyl sites for hydroxylation is 1.